The third-order valence-electron chi connectivity index (χ3n) is 1.54. The number of hydrogen-bond acceptors (Lipinski definition) is 4. The van der Waals surface area contributed by atoms with Gasteiger partial charge in [0.2, 0.25) is 0 Å². The van der Waals surface area contributed by atoms with Crippen molar-refractivity contribution < 1.29 is 9.53 Å². The molecule has 0 aliphatic rings. The van der Waals surface area contributed by atoms with E-state index in [0.717, 1.165) is 0 Å². The van der Waals surface area contributed by atoms with Crippen LogP contribution < -0.4 is 5.73 Å². The highest BCUT2D eigenvalue weighted by atomic mass is 35.5. The lowest BCUT2D eigenvalue weighted by Crippen LogP contribution is -2.10. The normalized spacial score (nSPS) is 9.06. The summed E-state index contributed by atoms with van der Waals surface area (Å²) >= 11 is 5.77. The van der Waals surface area contributed by atoms with Gasteiger partial charge in [-0.3, -0.25) is 0 Å². The first-order valence-corrected chi connectivity index (χ1v) is 5.58. The number of rotatable bonds is 3. The SMILES string of the molecule is CC.CCOC(=O)c1cc(Cl)cc(CN)n1. The van der Waals surface area contributed by atoms with E-state index in [1.807, 2.05) is 13.8 Å². The van der Waals surface area contributed by atoms with Gasteiger partial charge in [-0.25, -0.2) is 9.78 Å². The molecule has 16 heavy (non-hydrogen) atoms. The molecule has 0 spiro atoms. The molecule has 1 rings (SSSR count). The van der Waals surface area contributed by atoms with E-state index in [-0.39, 0.29) is 12.2 Å². The van der Waals surface area contributed by atoms with Crippen LogP contribution in [0.3, 0.4) is 0 Å². The number of ether oxygens (including phenoxy) is 1. The van der Waals surface area contributed by atoms with Crippen LogP contribution >= 0.6 is 11.6 Å². The summed E-state index contributed by atoms with van der Waals surface area (Å²) in [6.07, 6.45) is 0. The third-order valence-corrected chi connectivity index (χ3v) is 1.76. The van der Waals surface area contributed by atoms with Gasteiger partial charge in [-0.15, -0.1) is 0 Å². The Hall–Kier alpha value is -1.13. The average molecular weight is 245 g/mol. The number of carbonyl (C=O) groups is 1. The Morgan fingerprint density at radius 2 is 2.12 bits per heavy atom. The molecule has 0 aliphatic heterocycles. The molecule has 0 unspecified atom stereocenters. The van der Waals surface area contributed by atoms with Gasteiger partial charge in [0.1, 0.15) is 5.69 Å². The molecule has 0 saturated heterocycles. The summed E-state index contributed by atoms with van der Waals surface area (Å²) in [7, 11) is 0. The van der Waals surface area contributed by atoms with Gasteiger partial charge in [0.15, 0.2) is 0 Å². The van der Waals surface area contributed by atoms with Crippen LogP contribution in [0.25, 0.3) is 0 Å². The molecule has 0 amide bonds. The van der Waals surface area contributed by atoms with Crippen LogP contribution in [-0.2, 0) is 11.3 Å². The van der Waals surface area contributed by atoms with Crippen molar-refractivity contribution in [3.8, 4) is 0 Å². The highest BCUT2D eigenvalue weighted by Crippen LogP contribution is 2.12. The molecular formula is C11H17ClN2O2. The second-order valence-electron chi connectivity index (χ2n) is 2.59. The highest BCUT2D eigenvalue weighted by molar-refractivity contribution is 6.30. The van der Waals surface area contributed by atoms with Gasteiger partial charge in [-0.2, -0.15) is 0 Å². The zero-order valence-electron chi connectivity index (χ0n) is 9.79. The van der Waals surface area contributed by atoms with Crippen molar-refractivity contribution in [1.29, 1.82) is 0 Å². The second kappa shape index (κ2) is 8.07. The van der Waals surface area contributed by atoms with Gasteiger partial charge in [0, 0.05) is 11.6 Å². The molecule has 0 bridgehead atoms. The fraction of sp³-hybridized carbons (Fsp3) is 0.455. The van der Waals surface area contributed by atoms with Crippen molar-refractivity contribution in [2.24, 2.45) is 5.73 Å². The van der Waals surface area contributed by atoms with E-state index in [4.69, 9.17) is 22.1 Å². The molecule has 5 heteroatoms. The Balaban J connectivity index is 0.00000106. The summed E-state index contributed by atoms with van der Waals surface area (Å²) < 4.78 is 4.78. The van der Waals surface area contributed by atoms with Crippen LogP contribution in [0.15, 0.2) is 12.1 Å². The predicted octanol–water partition coefficient (Wildman–Crippen LogP) is 2.40. The van der Waals surface area contributed by atoms with Gasteiger partial charge < -0.3 is 10.5 Å². The summed E-state index contributed by atoms with van der Waals surface area (Å²) in [6.45, 7) is 6.28. The summed E-state index contributed by atoms with van der Waals surface area (Å²) in [4.78, 5) is 15.3. The topological polar surface area (TPSA) is 65.2 Å². The van der Waals surface area contributed by atoms with Gasteiger partial charge in [-0.1, -0.05) is 25.4 Å². The van der Waals surface area contributed by atoms with Gasteiger partial charge >= 0.3 is 5.97 Å². The Morgan fingerprint density at radius 3 is 2.62 bits per heavy atom. The first kappa shape index (κ1) is 14.9. The minimum Gasteiger partial charge on any atom is -0.461 e. The maximum Gasteiger partial charge on any atom is 0.356 e. The number of aromatic nitrogens is 1. The van der Waals surface area contributed by atoms with Crippen LogP contribution in [0.5, 0.6) is 0 Å². The lowest BCUT2D eigenvalue weighted by molar-refractivity contribution is 0.0519. The molecule has 1 aromatic heterocycles. The fourth-order valence-electron chi connectivity index (χ4n) is 0.965. The highest BCUT2D eigenvalue weighted by Gasteiger charge is 2.10. The van der Waals surface area contributed by atoms with Crippen molar-refractivity contribution in [2.45, 2.75) is 27.3 Å². The molecule has 0 atom stereocenters. The Kier molecular flexibility index (Phi) is 7.50. The van der Waals surface area contributed by atoms with Crippen molar-refractivity contribution in [3.63, 3.8) is 0 Å². The van der Waals surface area contributed by atoms with Crippen LogP contribution in [0.2, 0.25) is 5.02 Å². The quantitative estimate of drug-likeness (QED) is 0.830. The van der Waals surface area contributed by atoms with Crippen LogP contribution in [0.1, 0.15) is 37.0 Å². The standard InChI is InChI=1S/C9H11ClN2O2.C2H6/c1-2-14-9(13)8-4-6(10)3-7(5-11)12-8;1-2/h3-4H,2,5,11H2,1H3;1-2H3. The first-order chi connectivity index (χ1) is 7.67. The molecule has 0 aliphatic carbocycles. The van der Waals surface area contributed by atoms with Gasteiger partial charge in [-0.05, 0) is 19.1 Å². The molecule has 1 aromatic rings. The van der Waals surface area contributed by atoms with Gasteiger partial charge in [0.05, 0.1) is 12.3 Å². The summed E-state index contributed by atoms with van der Waals surface area (Å²) in [5.74, 6) is -0.482. The number of hydrogen-bond donors (Lipinski definition) is 1. The molecule has 1 heterocycles. The third kappa shape index (κ3) is 4.59. The molecule has 0 fully saturated rings. The van der Waals surface area contributed by atoms with E-state index in [1.165, 1.54) is 6.07 Å². The van der Waals surface area contributed by atoms with Crippen molar-refractivity contribution in [3.05, 3.63) is 28.5 Å². The van der Waals surface area contributed by atoms with Crippen LogP contribution in [0.4, 0.5) is 0 Å². The largest absolute Gasteiger partial charge is 0.461 e. The smallest absolute Gasteiger partial charge is 0.356 e. The predicted molar refractivity (Wildman–Crippen MR) is 64.4 cm³/mol. The lowest BCUT2D eigenvalue weighted by Gasteiger charge is -2.03. The summed E-state index contributed by atoms with van der Waals surface area (Å²) in [6, 6.07) is 3.07. The zero-order chi connectivity index (χ0) is 12.6. The molecule has 0 radical (unpaired) electrons. The molecule has 0 saturated carbocycles. The molecule has 0 aromatic carbocycles. The molecule has 2 N–H and O–H groups in total. The average Bonchev–Trinajstić information content (AvgIpc) is 2.31. The van der Waals surface area contributed by atoms with E-state index in [9.17, 15) is 4.79 Å². The zero-order valence-corrected chi connectivity index (χ0v) is 10.5. The second-order valence-corrected chi connectivity index (χ2v) is 3.02. The van der Waals surface area contributed by atoms with Crippen LogP contribution in [0, 0.1) is 0 Å². The lowest BCUT2D eigenvalue weighted by atomic mass is 10.3. The molecular weight excluding hydrogens is 228 g/mol. The maximum absolute atomic E-state index is 11.3. The number of pyridine rings is 1. The summed E-state index contributed by atoms with van der Waals surface area (Å²) in [5.41, 5.74) is 6.15. The number of carbonyl (C=O) groups excluding carboxylic acids is 1. The van der Waals surface area contributed by atoms with E-state index >= 15 is 0 Å². The number of esters is 1. The van der Waals surface area contributed by atoms with E-state index in [2.05, 4.69) is 4.98 Å². The monoisotopic (exact) mass is 244 g/mol. The van der Waals surface area contributed by atoms with Crippen molar-refractivity contribution in [1.82, 2.24) is 4.98 Å². The molecule has 4 nitrogen and oxygen atoms in total. The Labute approximate surface area is 101 Å². The number of halogens is 1. The Morgan fingerprint density at radius 1 is 1.50 bits per heavy atom. The van der Waals surface area contributed by atoms with E-state index in [0.29, 0.717) is 17.3 Å². The van der Waals surface area contributed by atoms with Crippen LogP contribution in [-0.4, -0.2) is 17.6 Å². The number of nitrogens with zero attached hydrogens (tertiary/aromatic N) is 1. The Bertz CT molecular complexity index is 343. The minimum atomic E-state index is -0.482. The van der Waals surface area contributed by atoms with E-state index < -0.39 is 5.97 Å². The fourth-order valence-corrected chi connectivity index (χ4v) is 1.19. The van der Waals surface area contributed by atoms with Crippen molar-refractivity contribution in [2.75, 3.05) is 6.61 Å². The maximum atomic E-state index is 11.3. The first-order valence-electron chi connectivity index (χ1n) is 5.21. The minimum absolute atomic E-state index is 0.194. The van der Waals surface area contributed by atoms with Gasteiger partial charge in [0.25, 0.3) is 0 Å². The number of nitrogens with two attached hydrogens (primary N) is 1. The summed E-state index contributed by atoms with van der Waals surface area (Å²) in [5, 5.41) is 0.434. The van der Waals surface area contributed by atoms with Crippen molar-refractivity contribution >= 4 is 17.6 Å². The van der Waals surface area contributed by atoms with E-state index in [1.54, 1.807) is 13.0 Å². The molecule has 90 valence electrons.